The second-order valence-corrected chi connectivity index (χ2v) is 2.48. The molecule has 0 aliphatic rings. The van der Waals surface area contributed by atoms with Crippen LogP contribution in [-0.2, 0) is 9.53 Å². The molecule has 0 saturated carbocycles. The van der Waals surface area contributed by atoms with Gasteiger partial charge in [0.25, 0.3) is 0 Å². The highest BCUT2D eigenvalue weighted by atomic mass is 16.5. The van der Waals surface area contributed by atoms with Crippen molar-refractivity contribution in [3.63, 3.8) is 0 Å². The Hall–Kier alpha value is -0.610. The smallest absolute Gasteiger partial charge is 0.322 e. The van der Waals surface area contributed by atoms with E-state index in [0.29, 0.717) is 6.42 Å². The molecular formula is C7H15NO3. The van der Waals surface area contributed by atoms with Crippen LogP contribution in [0.3, 0.4) is 0 Å². The maximum Gasteiger partial charge on any atom is 0.322 e. The summed E-state index contributed by atoms with van der Waals surface area (Å²) in [5, 5.41) is 8.97. The van der Waals surface area contributed by atoms with Gasteiger partial charge < -0.3 is 15.6 Å². The second kappa shape index (κ2) is 5.09. The first-order chi connectivity index (χ1) is 5.07. The molecule has 0 aliphatic heterocycles. The first kappa shape index (κ1) is 10.4. The van der Waals surface area contributed by atoms with Crippen molar-refractivity contribution in [2.75, 3.05) is 6.61 Å². The van der Waals surface area contributed by atoms with Gasteiger partial charge in [0.1, 0.15) is 12.6 Å². The molecule has 4 nitrogen and oxygen atoms in total. The average molecular weight is 161 g/mol. The minimum Gasteiger partial charge on any atom is -0.462 e. The molecule has 2 atom stereocenters. The van der Waals surface area contributed by atoms with Crippen molar-refractivity contribution >= 4 is 5.97 Å². The van der Waals surface area contributed by atoms with Crippen LogP contribution < -0.4 is 5.73 Å². The van der Waals surface area contributed by atoms with E-state index in [1.165, 1.54) is 0 Å². The number of nitrogens with two attached hydrogens (primary N) is 1. The molecule has 0 saturated heterocycles. The summed E-state index contributed by atoms with van der Waals surface area (Å²) >= 11 is 0. The fraction of sp³-hybridized carbons (Fsp3) is 0.857. The Labute approximate surface area is 66.3 Å². The van der Waals surface area contributed by atoms with Gasteiger partial charge >= 0.3 is 5.97 Å². The highest BCUT2D eigenvalue weighted by molar-refractivity contribution is 5.74. The van der Waals surface area contributed by atoms with Crippen molar-refractivity contribution in [2.45, 2.75) is 32.4 Å². The molecule has 0 amide bonds. The molecule has 0 aliphatic carbocycles. The largest absolute Gasteiger partial charge is 0.462 e. The van der Waals surface area contributed by atoms with Crippen LogP contribution in [0.4, 0.5) is 0 Å². The second-order valence-electron chi connectivity index (χ2n) is 2.48. The Morgan fingerprint density at radius 3 is 2.64 bits per heavy atom. The molecular weight excluding hydrogens is 146 g/mol. The van der Waals surface area contributed by atoms with E-state index in [9.17, 15) is 4.79 Å². The van der Waals surface area contributed by atoms with E-state index in [1.807, 2.05) is 6.92 Å². The predicted octanol–water partition coefficient (Wildman–Crippen LogP) is -0.352. The number of hydrogen-bond donors (Lipinski definition) is 2. The van der Waals surface area contributed by atoms with Crippen molar-refractivity contribution in [1.82, 2.24) is 0 Å². The summed E-state index contributed by atoms with van der Waals surface area (Å²) < 4.78 is 4.64. The van der Waals surface area contributed by atoms with Gasteiger partial charge in [-0.3, -0.25) is 4.79 Å². The average Bonchev–Trinajstić information content (AvgIpc) is 1.99. The Bertz CT molecular complexity index is 125. The normalized spacial score (nSPS) is 15.6. The standard InChI is InChI=1S/C7H15NO3/c1-3-6(9)4-11-7(10)5(2)8/h5-6,9H,3-4,8H2,1-2H3/t5-,6?/m0/s1. The highest BCUT2D eigenvalue weighted by Crippen LogP contribution is 1.92. The summed E-state index contributed by atoms with van der Waals surface area (Å²) in [4.78, 5) is 10.7. The van der Waals surface area contributed by atoms with Crippen LogP contribution in [-0.4, -0.2) is 29.8 Å². The third kappa shape index (κ3) is 4.75. The maximum absolute atomic E-state index is 10.7. The minimum absolute atomic E-state index is 0.0386. The minimum atomic E-state index is -0.612. The van der Waals surface area contributed by atoms with Gasteiger partial charge in [0.15, 0.2) is 0 Å². The Balaban J connectivity index is 3.46. The maximum atomic E-state index is 10.7. The summed E-state index contributed by atoms with van der Waals surface area (Å²) in [5.74, 6) is -0.475. The number of carbonyl (C=O) groups excluding carboxylic acids is 1. The Morgan fingerprint density at radius 1 is 1.73 bits per heavy atom. The van der Waals surface area contributed by atoms with Gasteiger partial charge in [-0.2, -0.15) is 0 Å². The molecule has 0 rings (SSSR count). The summed E-state index contributed by atoms with van der Waals surface area (Å²) in [7, 11) is 0. The lowest BCUT2D eigenvalue weighted by molar-refractivity contribution is -0.147. The molecule has 11 heavy (non-hydrogen) atoms. The van der Waals surface area contributed by atoms with Crippen molar-refractivity contribution in [3.8, 4) is 0 Å². The van der Waals surface area contributed by atoms with Crippen LogP contribution in [0.2, 0.25) is 0 Å². The van der Waals surface area contributed by atoms with Crippen molar-refractivity contribution < 1.29 is 14.6 Å². The van der Waals surface area contributed by atoms with Crippen molar-refractivity contribution in [2.24, 2.45) is 5.73 Å². The highest BCUT2D eigenvalue weighted by Gasteiger charge is 2.10. The van der Waals surface area contributed by atoms with E-state index < -0.39 is 18.1 Å². The van der Waals surface area contributed by atoms with Crippen LogP contribution >= 0.6 is 0 Å². The first-order valence-electron chi connectivity index (χ1n) is 3.68. The van der Waals surface area contributed by atoms with Gasteiger partial charge in [-0.25, -0.2) is 0 Å². The molecule has 0 fully saturated rings. The molecule has 0 bridgehead atoms. The topological polar surface area (TPSA) is 72.5 Å². The summed E-state index contributed by atoms with van der Waals surface area (Å²) in [6, 6.07) is -0.612. The third-order valence-electron chi connectivity index (χ3n) is 1.26. The van der Waals surface area contributed by atoms with Crippen LogP contribution in [0.1, 0.15) is 20.3 Å². The molecule has 66 valence electrons. The van der Waals surface area contributed by atoms with Gasteiger partial charge in [-0.15, -0.1) is 0 Å². The molecule has 0 radical (unpaired) electrons. The quantitative estimate of drug-likeness (QED) is 0.553. The number of aliphatic hydroxyl groups excluding tert-OH is 1. The number of carbonyl (C=O) groups is 1. The first-order valence-corrected chi connectivity index (χ1v) is 3.68. The van der Waals surface area contributed by atoms with E-state index >= 15 is 0 Å². The van der Waals surface area contributed by atoms with Crippen LogP contribution in [0.25, 0.3) is 0 Å². The van der Waals surface area contributed by atoms with E-state index in [0.717, 1.165) is 0 Å². The molecule has 3 N–H and O–H groups in total. The van der Waals surface area contributed by atoms with Crippen molar-refractivity contribution in [1.29, 1.82) is 0 Å². The van der Waals surface area contributed by atoms with Crippen LogP contribution in [0.15, 0.2) is 0 Å². The van der Waals surface area contributed by atoms with Gasteiger partial charge in [-0.05, 0) is 13.3 Å². The lowest BCUT2D eigenvalue weighted by atomic mass is 10.3. The molecule has 0 aromatic rings. The van der Waals surface area contributed by atoms with E-state index in [2.05, 4.69) is 4.74 Å². The molecule has 0 heterocycles. The zero-order chi connectivity index (χ0) is 8.85. The lowest BCUT2D eigenvalue weighted by Gasteiger charge is -2.09. The van der Waals surface area contributed by atoms with E-state index in [-0.39, 0.29) is 6.61 Å². The number of hydrogen-bond acceptors (Lipinski definition) is 4. The van der Waals surface area contributed by atoms with Crippen LogP contribution in [0.5, 0.6) is 0 Å². The van der Waals surface area contributed by atoms with E-state index in [4.69, 9.17) is 10.8 Å². The van der Waals surface area contributed by atoms with Crippen LogP contribution in [0, 0.1) is 0 Å². The SMILES string of the molecule is CCC(O)COC(=O)[C@H](C)N. The number of aliphatic hydroxyl groups is 1. The Morgan fingerprint density at radius 2 is 2.27 bits per heavy atom. The third-order valence-corrected chi connectivity index (χ3v) is 1.26. The van der Waals surface area contributed by atoms with Gasteiger partial charge in [0.2, 0.25) is 0 Å². The van der Waals surface area contributed by atoms with Gasteiger partial charge in [0.05, 0.1) is 6.10 Å². The summed E-state index contributed by atoms with van der Waals surface area (Å²) in [6.07, 6.45) is 0.00405. The van der Waals surface area contributed by atoms with Gasteiger partial charge in [-0.1, -0.05) is 6.92 Å². The number of esters is 1. The summed E-state index contributed by atoms with van der Waals surface area (Å²) in [5.41, 5.74) is 5.21. The van der Waals surface area contributed by atoms with Crippen molar-refractivity contribution in [3.05, 3.63) is 0 Å². The summed E-state index contributed by atoms with van der Waals surface area (Å²) in [6.45, 7) is 3.39. The number of ether oxygens (including phenoxy) is 1. The Kier molecular flexibility index (Phi) is 4.81. The molecule has 0 spiro atoms. The number of rotatable bonds is 4. The molecule has 1 unspecified atom stereocenters. The monoisotopic (exact) mass is 161 g/mol. The van der Waals surface area contributed by atoms with E-state index in [1.54, 1.807) is 6.92 Å². The van der Waals surface area contributed by atoms with Gasteiger partial charge in [0, 0.05) is 0 Å². The molecule has 4 heteroatoms. The fourth-order valence-electron chi connectivity index (χ4n) is 0.428. The zero-order valence-electron chi connectivity index (χ0n) is 6.91. The molecule has 0 aromatic carbocycles. The molecule has 0 aromatic heterocycles. The predicted molar refractivity (Wildman–Crippen MR) is 40.9 cm³/mol. The fourth-order valence-corrected chi connectivity index (χ4v) is 0.428. The lowest BCUT2D eigenvalue weighted by Crippen LogP contribution is -2.31. The zero-order valence-corrected chi connectivity index (χ0v) is 6.91.